The van der Waals surface area contributed by atoms with Crippen LogP contribution in [-0.2, 0) is 13.6 Å². The Bertz CT molecular complexity index is 800. The molecule has 1 saturated heterocycles. The minimum atomic E-state index is -2.11. The molecule has 37 heavy (non-hydrogen) atoms. The van der Waals surface area contributed by atoms with E-state index < -0.39 is 16.6 Å². The largest absolute Gasteiger partial charge is 0.413 e. The Labute approximate surface area is 230 Å². The lowest BCUT2D eigenvalue weighted by atomic mass is 9.88. The molecule has 0 saturated carbocycles. The molecule has 1 aromatic heterocycles. The summed E-state index contributed by atoms with van der Waals surface area (Å²) in [6.45, 7) is 31.2. The van der Waals surface area contributed by atoms with E-state index in [1.807, 2.05) is 12.3 Å². The zero-order valence-electron chi connectivity index (χ0n) is 26.2. The first-order chi connectivity index (χ1) is 17.1. The molecule has 0 unspecified atom stereocenters. The molecule has 5 nitrogen and oxygen atoms in total. The van der Waals surface area contributed by atoms with E-state index in [4.69, 9.17) is 19.3 Å². The van der Waals surface area contributed by atoms with Crippen molar-refractivity contribution in [1.82, 2.24) is 4.98 Å². The molecule has 1 aliphatic heterocycles. The van der Waals surface area contributed by atoms with Crippen LogP contribution in [0, 0.1) is 5.92 Å². The quantitative estimate of drug-likeness (QED) is 0.263. The molecule has 0 bridgehead atoms. The molecule has 4 atom stereocenters. The van der Waals surface area contributed by atoms with Gasteiger partial charge in [0.2, 0.25) is 8.32 Å². The van der Waals surface area contributed by atoms with Crippen LogP contribution in [-0.4, -0.2) is 40.4 Å². The van der Waals surface area contributed by atoms with Crippen LogP contribution < -0.4 is 5.73 Å². The van der Waals surface area contributed by atoms with Crippen molar-refractivity contribution in [3.05, 3.63) is 24.0 Å². The summed E-state index contributed by atoms with van der Waals surface area (Å²) in [7, 11) is -4.17. The Balaban J connectivity index is 2.51. The number of nitrogens with two attached hydrogens (primary N) is 1. The van der Waals surface area contributed by atoms with Crippen LogP contribution in [0.15, 0.2) is 18.5 Å². The van der Waals surface area contributed by atoms with Crippen molar-refractivity contribution in [2.45, 2.75) is 148 Å². The lowest BCUT2D eigenvalue weighted by Gasteiger charge is -2.51. The van der Waals surface area contributed by atoms with Crippen molar-refractivity contribution in [1.29, 1.82) is 0 Å². The van der Waals surface area contributed by atoms with E-state index in [0.717, 1.165) is 12.0 Å². The van der Waals surface area contributed by atoms with Gasteiger partial charge in [-0.1, -0.05) is 90.0 Å². The molecular weight excluding hydrogens is 493 g/mol. The summed E-state index contributed by atoms with van der Waals surface area (Å²) in [4.78, 5) is 4.21. The summed E-state index contributed by atoms with van der Waals surface area (Å²) in [6, 6.07) is 2.01. The highest BCUT2D eigenvalue weighted by Gasteiger charge is 2.52. The van der Waals surface area contributed by atoms with Crippen LogP contribution in [0.5, 0.6) is 0 Å². The second kappa shape index (κ2) is 13.1. The molecule has 1 fully saturated rings. The van der Waals surface area contributed by atoms with E-state index >= 15 is 0 Å². The van der Waals surface area contributed by atoms with Gasteiger partial charge in [0, 0.05) is 11.8 Å². The average Bonchev–Trinajstić information content (AvgIpc) is 2.77. The molecule has 7 heteroatoms. The van der Waals surface area contributed by atoms with Crippen molar-refractivity contribution in [2.75, 3.05) is 12.3 Å². The number of hydrogen-bond acceptors (Lipinski definition) is 5. The molecule has 0 aromatic carbocycles. The molecule has 2 heterocycles. The smallest absolute Gasteiger partial charge is 0.200 e. The van der Waals surface area contributed by atoms with Crippen molar-refractivity contribution in [2.24, 2.45) is 5.92 Å². The number of anilines is 1. The van der Waals surface area contributed by atoms with Crippen LogP contribution in [0.3, 0.4) is 0 Å². The SMILES string of the molecule is CC(C)[Si](OC[C@H]1O[C@@H](c2ccncc2N)C[C@@H](C)[C@@H]1O[Si](C(C)C)(C(C)C)C(C)C)(C(C)C)C(C)C. The van der Waals surface area contributed by atoms with Gasteiger partial charge in [0.25, 0.3) is 0 Å². The summed E-state index contributed by atoms with van der Waals surface area (Å²) in [5, 5.41) is 0. The Kier molecular flexibility index (Phi) is 11.5. The van der Waals surface area contributed by atoms with Crippen LogP contribution in [0.25, 0.3) is 0 Å². The Hall–Kier alpha value is -0.736. The number of aromatic nitrogens is 1. The van der Waals surface area contributed by atoms with E-state index in [-0.39, 0.29) is 18.3 Å². The fraction of sp³-hybridized carbons (Fsp3) is 0.833. The molecule has 0 amide bonds. The van der Waals surface area contributed by atoms with Gasteiger partial charge in [0.1, 0.15) is 6.10 Å². The predicted molar refractivity (Wildman–Crippen MR) is 163 cm³/mol. The number of nitrogen functional groups attached to an aromatic ring is 1. The summed E-state index contributed by atoms with van der Waals surface area (Å²) < 4.78 is 21.5. The predicted octanol–water partition coefficient (Wildman–Crippen LogP) is 8.88. The number of rotatable bonds is 12. The zero-order chi connectivity index (χ0) is 28.3. The molecule has 1 aromatic rings. The highest BCUT2D eigenvalue weighted by Crippen LogP contribution is 2.48. The second-order valence-electron chi connectivity index (χ2n) is 13.4. The third-order valence-electron chi connectivity index (χ3n) is 9.34. The molecule has 2 N–H and O–H groups in total. The highest BCUT2D eigenvalue weighted by atomic mass is 28.4. The van der Waals surface area contributed by atoms with Gasteiger partial charge in [0.15, 0.2) is 8.32 Å². The maximum absolute atomic E-state index is 7.46. The first-order valence-electron chi connectivity index (χ1n) is 14.8. The van der Waals surface area contributed by atoms with E-state index in [1.165, 1.54) is 0 Å². The van der Waals surface area contributed by atoms with E-state index in [9.17, 15) is 0 Å². The Morgan fingerprint density at radius 3 is 1.78 bits per heavy atom. The van der Waals surface area contributed by atoms with Crippen molar-refractivity contribution < 1.29 is 13.6 Å². The van der Waals surface area contributed by atoms with Gasteiger partial charge >= 0.3 is 0 Å². The van der Waals surface area contributed by atoms with Gasteiger partial charge in [-0.3, -0.25) is 4.98 Å². The summed E-state index contributed by atoms with van der Waals surface area (Å²) in [6.07, 6.45) is 4.24. The van der Waals surface area contributed by atoms with Crippen LogP contribution in [0.2, 0.25) is 33.2 Å². The zero-order valence-corrected chi connectivity index (χ0v) is 28.2. The number of nitrogens with zero attached hydrogens (tertiary/aromatic N) is 1. The Morgan fingerprint density at radius 2 is 1.35 bits per heavy atom. The minimum absolute atomic E-state index is 0.0105. The van der Waals surface area contributed by atoms with Crippen molar-refractivity contribution in [3.8, 4) is 0 Å². The van der Waals surface area contributed by atoms with Gasteiger partial charge in [-0.15, -0.1) is 0 Å². The van der Waals surface area contributed by atoms with E-state index in [1.54, 1.807) is 6.20 Å². The number of ether oxygens (including phenoxy) is 1. The van der Waals surface area contributed by atoms with Gasteiger partial charge in [-0.2, -0.15) is 0 Å². The van der Waals surface area contributed by atoms with Crippen LogP contribution in [0.4, 0.5) is 5.69 Å². The standard InChI is InChI=1S/C30H58N2O3Si2/c1-19(2)36(20(3)4,21(5)6)33-18-29-30(35-37(22(7)8,23(9)10)24(11)12)25(13)16-28(34-29)26-14-15-32-17-27(26)31/h14-15,17,19-25,28-30H,16,18,31H2,1-13H3/t25-,28-,29-,30+/m1/s1. The van der Waals surface area contributed by atoms with Crippen LogP contribution in [0.1, 0.15) is 108 Å². The fourth-order valence-corrected chi connectivity index (χ4v) is 18.9. The fourth-order valence-electron chi connectivity index (χ4n) is 7.79. The van der Waals surface area contributed by atoms with E-state index in [2.05, 4.69) is 95.0 Å². The van der Waals surface area contributed by atoms with E-state index in [0.29, 0.717) is 51.5 Å². The summed E-state index contributed by atoms with van der Waals surface area (Å²) in [5.74, 6) is 0.330. The molecule has 1 aliphatic rings. The van der Waals surface area contributed by atoms with Gasteiger partial charge < -0.3 is 19.3 Å². The average molecular weight is 551 g/mol. The Morgan fingerprint density at radius 1 is 0.865 bits per heavy atom. The van der Waals surface area contributed by atoms with Crippen molar-refractivity contribution in [3.63, 3.8) is 0 Å². The maximum Gasteiger partial charge on any atom is 0.200 e. The van der Waals surface area contributed by atoms with Crippen molar-refractivity contribution >= 4 is 22.3 Å². The summed E-state index contributed by atoms with van der Waals surface area (Å²) in [5.41, 5.74) is 11.2. The molecule has 0 aliphatic carbocycles. The molecular formula is C30H58N2O3Si2. The highest BCUT2D eigenvalue weighted by molar-refractivity contribution is 6.78. The lowest BCUT2D eigenvalue weighted by molar-refractivity contribution is -0.151. The molecule has 2 rings (SSSR count). The first-order valence-corrected chi connectivity index (χ1v) is 19.1. The second-order valence-corrected chi connectivity index (χ2v) is 24.3. The van der Waals surface area contributed by atoms with Gasteiger partial charge in [-0.05, 0) is 51.7 Å². The molecule has 214 valence electrons. The number of hydrogen-bond donors (Lipinski definition) is 1. The maximum atomic E-state index is 7.46. The first kappa shape index (κ1) is 32.5. The summed E-state index contributed by atoms with van der Waals surface area (Å²) >= 11 is 0. The monoisotopic (exact) mass is 550 g/mol. The van der Waals surface area contributed by atoms with Gasteiger partial charge in [0.05, 0.1) is 30.7 Å². The number of pyridine rings is 1. The normalized spacial score (nSPS) is 23.9. The minimum Gasteiger partial charge on any atom is -0.413 e. The molecule has 0 spiro atoms. The molecule has 0 radical (unpaired) electrons. The third-order valence-corrected chi connectivity index (χ3v) is 21.5. The van der Waals surface area contributed by atoms with Gasteiger partial charge in [-0.25, -0.2) is 0 Å². The van der Waals surface area contributed by atoms with Crippen LogP contribution >= 0.6 is 0 Å². The lowest BCUT2D eigenvalue weighted by Crippen LogP contribution is -2.58. The topological polar surface area (TPSA) is 66.6 Å². The third kappa shape index (κ3) is 6.54.